The van der Waals surface area contributed by atoms with Crippen molar-refractivity contribution in [1.82, 2.24) is 36.4 Å². The highest BCUT2D eigenvalue weighted by Crippen LogP contribution is 2.32. The summed E-state index contributed by atoms with van der Waals surface area (Å²) in [5, 5.41) is 19.1. The summed E-state index contributed by atoms with van der Waals surface area (Å²) < 4.78 is 6.12. The van der Waals surface area contributed by atoms with Crippen LogP contribution >= 0.6 is 0 Å². The molecule has 1 fully saturated rings. The summed E-state index contributed by atoms with van der Waals surface area (Å²) in [6.07, 6.45) is 2.73. The van der Waals surface area contributed by atoms with Gasteiger partial charge in [-0.1, -0.05) is 51.1 Å². The smallest absolute Gasteiger partial charge is 0.322 e. The molecule has 2 bridgehead atoms. The topological polar surface area (TPSA) is 159 Å². The van der Waals surface area contributed by atoms with Crippen LogP contribution in [0.2, 0.25) is 0 Å². The Morgan fingerprint density at radius 3 is 2.46 bits per heavy atom. The molecule has 1 aromatic carbocycles. The molecule has 0 radical (unpaired) electrons. The molecule has 2 aliphatic rings. The van der Waals surface area contributed by atoms with Crippen molar-refractivity contribution in [3.8, 4) is 0 Å². The molecule has 1 unspecified atom stereocenters. The van der Waals surface area contributed by atoms with Gasteiger partial charge in [0.05, 0.1) is 18.6 Å². The molecule has 1 saturated heterocycles. The van der Waals surface area contributed by atoms with Gasteiger partial charge in [0.25, 0.3) is 5.91 Å². The van der Waals surface area contributed by atoms with Gasteiger partial charge in [0.15, 0.2) is 0 Å². The Kier molecular flexibility index (Phi) is 9.28. The van der Waals surface area contributed by atoms with Gasteiger partial charge in [-0.25, -0.2) is 4.79 Å². The van der Waals surface area contributed by atoms with Gasteiger partial charge in [-0.3, -0.25) is 24.6 Å². The molecule has 0 spiro atoms. The van der Waals surface area contributed by atoms with Crippen molar-refractivity contribution in [1.29, 1.82) is 0 Å². The van der Waals surface area contributed by atoms with Crippen LogP contribution in [0.3, 0.4) is 0 Å². The monoisotopic (exact) mass is 539 g/mol. The van der Waals surface area contributed by atoms with Gasteiger partial charge in [0.1, 0.15) is 12.1 Å². The summed E-state index contributed by atoms with van der Waals surface area (Å²) in [5.74, 6) is -0.812. The van der Waals surface area contributed by atoms with Gasteiger partial charge < -0.3 is 20.4 Å². The normalized spacial score (nSPS) is 25.3. The highest BCUT2D eigenvalue weighted by atomic mass is 16.4. The van der Waals surface area contributed by atoms with E-state index in [0.29, 0.717) is 38.1 Å². The first-order chi connectivity index (χ1) is 18.7. The van der Waals surface area contributed by atoms with Crippen LogP contribution in [0.5, 0.6) is 0 Å². The molecular weight excluding hydrogens is 502 g/mol. The molecule has 4 rings (SSSR count). The summed E-state index contributed by atoms with van der Waals surface area (Å²) in [6.45, 7) is 6.18. The summed E-state index contributed by atoms with van der Waals surface area (Å²) in [7, 11) is 0. The van der Waals surface area contributed by atoms with Crippen LogP contribution in [0.25, 0.3) is 0 Å². The number of rotatable bonds is 5. The molecule has 0 saturated carbocycles. The first kappa shape index (κ1) is 28.2. The third kappa shape index (κ3) is 7.20. The third-order valence-corrected chi connectivity index (χ3v) is 7.03. The lowest BCUT2D eigenvalue weighted by molar-refractivity contribution is -0.131. The van der Waals surface area contributed by atoms with Crippen LogP contribution < -0.4 is 21.3 Å². The van der Waals surface area contributed by atoms with Gasteiger partial charge in [0.2, 0.25) is 23.6 Å². The maximum Gasteiger partial charge on any atom is 0.322 e. The standard InChI is InChI=1S/C27H37N7O5/c1-4-20-26-33-32-25(39-26)19(14-17-9-6-5-7-10-17)30-27(38)31-23(36)18(13-16(2)3)29-22(35)15-28-24(37)21-11-8-12-34(20)21/h5-7,9-10,16,18-21H,4,8,11-15H2,1-3H3,(H,28,37)(H,29,35)(H2,30,31,36,38)/t18-,19+,20?,21+/m1/s1. The SMILES string of the molecule is CCC1c2nnc(o2)[C@H](Cc2ccccc2)NC(=O)NC(=O)[C@@H](CC(C)C)NC(=O)CNC(=O)[C@@H]2CCCN12. The van der Waals surface area contributed by atoms with Crippen LogP contribution in [-0.2, 0) is 20.8 Å². The molecule has 2 aliphatic heterocycles. The Hall–Kier alpha value is -3.80. The van der Waals surface area contributed by atoms with Crippen molar-refractivity contribution in [3.63, 3.8) is 0 Å². The molecule has 0 aliphatic carbocycles. The highest BCUT2D eigenvalue weighted by Gasteiger charge is 2.38. The Labute approximate surface area is 227 Å². The number of hydrogen-bond donors (Lipinski definition) is 4. The zero-order valence-corrected chi connectivity index (χ0v) is 22.6. The average molecular weight is 540 g/mol. The largest absolute Gasteiger partial charge is 0.421 e. The van der Waals surface area contributed by atoms with E-state index in [4.69, 9.17) is 4.42 Å². The van der Waals surface area contributed by atoms with E-state index in [0.717, 1.165) is 12.0 Å². The predicted octanol–water partition coefficient (Wildman–Crippen LogP) is 1.76. The number of imide groups is 1. The fraction of sp³-hybridized carbons (Fsp3) is 0.556. The Balaban J connectivity index is 1.67. The highest BCUT2D eigenvalue weighted by molar-refractivity contribution is 5.99. The number of carbonyl (C=O) groups excluding carboxylic acids is 4. The van der Waals surface area contributed by atoms with Crippen LogP contribution in [0.1, 0.15) is 75.9 Å². The second kappa shape index (κ2) is 12.8. The minimum atomic E-state index is -0.953. The molecule has 39 heavy (non-hydrogen) atoms. The second-order valence-corrected chi connectivity index (χ2v) is 10.5. The van der Waals surface area contributed by atoms with Gasteiger partial charge in [-0.15, -0.1) is 10.2 Å². The van der Waals surface area contributed by atoms with E-state index in [2.05, 4.69) is 31.5 Å². The van der Waals surface area contributed by atoms with E-state index in [9.17, 15) is 19.2 Å². The first-order valence-corrected chi connectivity index (χ1v) is 13.6. The number of amides is 5. The van der Waals surface area contributed by atoms with Crippen LogP contribution in [0.15, 0.2) is 34.7 Å². The lowest BCUT2D eigenvalue weighted by atomic mass is 10.0. The Morgan fingerprint density at radius 2 is 1.74 bits per heavy atom. The zero-order valence-electron chi connectivity index (χ0n) is 22.6. The summed E-state index contributed by atoms with van der Waals surface area (Å²) in [4.78, 5) is 53.8. The number of carbonyl (C=O) groups is 4. The van der Waals surface area contributed by atoms with E-state index < -0.39 is 36.0 Å². The quantitative estimate of drug-likeness (QED) is 0.447. The molecule has 4 atom stereocenters. The summed E-state index contributed by atoms with van der Waals surface area (Å²) >= 11 is 0. The zero-order chi connectivity index (χ0) is 27.9. The van der Waals surface area contributed by atoms with Gasteiger partial charge in [0, 0.05) is 6.42 Å². The predicted molar refractivity (Wildman–Crippen MR) is 141 cm³/mol. The molecule has 12 heteroatoms. The number of hydrogen-bond acceptors (Lipinski definition) is 8. The Morgan fingerprint density at radius 1 is 1.00 bits per heavy atom. The summed E-state index contributed by atoms with van der Waals surface area (Å²) in [6, 6.07) is 6.34. The fourth-order valence-corrected chi connectivity index (χ4v) is 5.19. The molecule has 210 valence electrons. The first-order valence-electron chi connectivity index (χ1n) is 13.6. The number of nitrogens with one attached hydrogen (secondary N) is 4. The molecule has 5 amide bonds. The van der Waals surface area contributed by atoms with Crippen LogP contribution in [0.4, 0.5) is 4.79 Å². The third-order valence-electron chi connectivity index (χ3n) is 7.03. The van der Waals surface area contributed by atoms with Crippen LogP contribution in [0, 0.1) is 5.92 Å². The average Bonchev–Trinajstić information content (AvgIpc) is 3.58. The lowest BCUT2D eigenvalue weighted by Gasteiger charge is -2.29. The van der Waals surface area contributed by atoms with Crippen molar-refractivity contribution in [2.45, 2.75) is 77.0 Å². The van der Waals surface area contributed by atoms with Gasteiger partial charge in [-0.05, 0) is 43.7 Å². The minimum Gasteiger partial charge on any atom is -0.421 e. The molecular formula is C27H37N7O5. The maximum absolute atomic E-state index is 13.1. The van der Waals surface area contributed by atoms with E-state index in [1.165, 1.54) is 0 Å². The van der Waals surface area contributed by atoms with E-state index >= 15 is 0 Å². The van der Waals surface area contributed by atoms with Crippen molar-refractivity contribution >= 4 is 23.8 Å². The molecule has 3 heterocycles. The van der Waals surface area contributed by atoms with E-state index in [1.807, 2.05) is 56.0 Å². The number of nitrogens with zero attached hydrogens (tertiary/aromatic N) is 3. The molecule has 4 N–H and O–H groups in total. The van der Waals surface area contributed by atoms with Crippen molar-refractivity contribution in [2.75, 3.05) is 13.1 Å². The van der Waals surface area contributed by atoms with Gasteiger partial charge in [-0.2, -0.15) is 0 Å². The van der Waals surface area contributed by atoms with Crippen LogP contribution in [-0.4, -0.2) is 64.0 Å². The minimum absolute atomic E-state index is 0.0634. The second-order valence-electron chi connectivity index (χ2n) is 10.5. The molecule has 2 aromatic rings. The van der Waals surface area contributed by atoms with Crippen molar-refractivity contribution in [2.24, 2.45) is 5.92 Å². The number of urea groups is 1. The number of aromatic nitrogens is 2. The lowest BCUT2D eigenvalue weighted by Crippen LogP contribution is -2.54. The van der Waals surface area contributed by atoms with Crippen molar-refractivity contribution in [3.05, 3.63) is 47.7 Å². The van der Waals surface area contributed by atoms with Crippen molar-refractivity contribution < 1.29 is 23.6 Å². The van der Waals surface area contributed by atoms with E-state index in [1.54, 1.807) is 0 Å². The number of benzene rings is 1. The fourth-order valence-electron chi connectivity index (χ4n) is 5.19. The maximum atomic E-state index is 13.1. The van der Waals surface area contributed by atoms with E-state index in [-0.39, 0.29) is 30.3 Å². The Bertz CT molecular complexity index is 1170. The molecule has 12 nitrogen and oxygen atoms in total. The van der Waals surface area contributed by atoms with Gasteiger partial charge >= 0.3 is 6.03 Å². The number of fused-ring (bicyclic) bond motifs is 3. The molecule has 1 aromatic heterocycles. The summed E-state index contributed by atoms with van der Waals surface area (Å²) in [5.41, 5.74) is 0.924.